The molecule has 5 fully saturated rings. The lowest BCUT2D eigenvalue weighted by Crippen LogP contribution is -2.72. The van der Waals surface area contributed by atoms with Gasteiger partial charge in [-0.15, -0.1) is 0 Å². The zero-order valence-corrected chi connectivity index (χ0v) is 65.5. The number of allylic oxidation sites excluding steroid dienone is 1. The Morgan fingerprint density at radius 3 is 1.44 bits per heavy atom. The van der Waals surface area contributed by atoms with Crippen LogP contribution in [-0.2, 0) is 66.5 Å². The summed E-state index contributed by atoms with van der Waals surface area (Å²) in [4.78, 5) is 53.0. The average molecular weight is 1590 g/mol. The molecule has 0 aromatic heterocycles. The van der Waals surface area contributed by atoms with E-state index in [-0.39, 0.29) is 12.3 Å². The molecule has 0 aromatic rings. The summed E-state index contributed by atoms with van der Waals surface area (Å²) in [5.41, 5.74) is 0. The number of carboxylic acid groups (broad SMARTS) is 1. The first kappa shape index (κ1) is 97.2. The first-order valence-corrected chi connectivity index (χ1v) is 40.9. The lowest BCUT2D eigenvalue weighted by atomic mass is 9.88. The molecule has 19 N–H and O–H groups in total. The van der Waals surface area contributed by atoms with Gasteiger partial charge in [-0.25, -0.2) is 4.79 Å². The Morgan fingerprint density at radius 2 is 0.936 bits per heavy atom. The maximum atomic E-state index is 13.8. The summed E-state index contributed by atoms with van der Waals surface area (Å²) < 4.78 is 60.6. The highest BCUT2D eigenvalue weighted by atomic mass is 16.8. The Labute approximate surface area is 648 Å². The lowest BCUT2D eigenvalue weighted by molar-refractivity contribution is -0.400. The van der Waals surface area contributed by atoms with Crippen LogP contribution < -0.4 is 16.0 Å². The van der Waals surface area contributed by atoms with Gasteiger partial charge in [0.2, 0.25) is 17.7 Å². The van der Waals surface area contributed by atoms with Crippen molar-refractivity contribution >= 4 is 23.7 Å². The van der Waals surface area contributed by atoms with Crippen LogP contribution in [0.3, 0.4) is 0 Å². The van der Waals surface area contributed by atoms with E-state index in [9.17, 15) is 101 Å². The van der Waals surface area contributed by atoms with Gasteiger partial charge < -0.3 is 145 Å². The predicted molar refractivity (Wildman–Crippen MR) is 395 cm³/mol. The molecular weight excluding hydrogens is 1450 g/mol. The summed E-state index contributed by atoms with van der Waals surface area (Å²) in [6, 6.07) is -4.66. The molecule has 0 aliphatic carbocycles. The number of hydrogen-bond acceptors (Lipinski definition) is 29. The third kappa shape index (κ3) is 30.9. The summed E-state index contributed by atoms with van der Waals surface area (Å²) in [6.07, 6.45) is -8.99. The Hall–Kier alpha value is -3.38. The highest BCUT2D eigenvalue weighted by Crippen LogP contribution is 2.41. The van der Waals surface area contributed by atoms with E-state index < -0.39 is 228 Å². The molecule has 33 heteroatoms. The van der Waals surface area contributed by atoms with Gasteiger partial charge in [0.15, 0.2) is 25.2 Å². The van der Waals surface area contributed by atoms with Crippen LogP contribution >= 0.6 is 0 Å². The third-order valence-electron chi connectivity index (χ3n) is 21.5. The molecule has 0 radical (unpaired) electrons. The van der Waals surface area contributed by atoms with Crippen LogP contribution in [0.1, 0.15) is 247 Å². The second kappa shape index (κ2) is 52.3. The van der Waals surface area contributed by atoms with E-state index in [4.69, 9.17) is 47.4 Å². The van der Waals surface area contributed by atoms with Crippen LogP contribution in [0, 0.1) is 0 Å². The maximum Gasteiger partial charge on any atom is 0.364 e. The summed E-state index contributed by atoms with van der Waals surface area (Å²) in [7, 11) is 0. The summed E-state index contributed by atoms with van der Waals surface area (Å²) >= 11 is 0. The number of hydrogen-bond donors (Lipinski definition) is 19. The second-order valence-corrected chi connectivity index (χ2v) is 30.7. The zero-order chi connectivity index (χ0) is 80.9. The van der Waals surface area contributed by atoms with Crippen molar-refractivity contribution < 1.29 is 148 Å². The van der Waals surface area contributed by atoms with Crippen molar-refractivity contribution in [2.24, 2.45) is 0 Å². The molecule has 3 amide bonds. The first-order chi connectivity index (χ1) is 52.7. The number of carbonyl (C=O) groups excluding carboxylic acids is 3. The van der Waals surface area contributed by atoms with Gasteiger partial charge in [-0.05, 0) is 26.2 Å². The Bertz CT molecular complexity index is 2550. The average Bonchev–Trinajstić information content (AvgIpc) is 0.753. The van der Waals surface area contributed by atoms with Crippen molar-refractivity contribution in [2.75, 3.05) is 33.0 Å². The van der Waals surface area contributed by atoms with Crippen LogP contribution in [-0.4, -0.2) is 310 Å². The van der Waals surface area contributed by atoms with Crippen LogP contribution in [0.15, 0.2) is 12.2 Å². The van der Waals surface area contributed by atoms with Crippen molar-refractivity contribution in [3.63, 3.8) is 0 Å². The van der Waals surface area contributed by atoms with Crippen molar-refractivity contribution in [1.82, 2.24) is 16.0 Å². The first-order valence-electron chi connectivity index (χ1n) is 40.9. The lowest BCUT2D eigenvalue weighted by Gasteiger charge is -2.52. The standard InChI is InChI=1S/C77H139N3O30/c1-6-8-10-12-14-16-18-20-22-23-25-27-29-31-33-35-37-39-56(90)80-49(50(87)38-36-34-32-30-28-26-24-21-19-17-15-13-11-9-7-2)45-101-73-65(97)63(95)68(55(44-84)105-73)107-75-66(98)71(110-77(76(99)100)40-51(88)57(78-47(4)85)70(109-77)59(91)52(89)41-81)67(46(3)102-75)106-72-58(79-48(5)86)69(61(93)54(43-83)103-72)108-74-64(96)62(94)60(92)53(42-82)104-74/h36,38,46,49-55,57-75,81-84,87-89,91-98H,6-35,37,39-45H2,1-5H3,(H,78,85)(H,79,86)(H,80,90)(H,99,100). The maximum absolute atomic E-state index is 13.8. The van der Waals surface area contributed by atoms with E-state index in [1.807, 2.05) is 6.08 Å². The van der Waals surface area contributed by atoms with Crippen LogP contribution in [0.4, 0.5) is 0 Å². The Kier molecular flexibility index (Phi) is 46.2. The summed E-state index contributed by atoms with van der Waals surface area (Å²) in [5.74, 6) is -7.48. The van der Waals surface area contributed by atoms with Crippen molar-refractivity contribution in [3.05, 3.63) is 12.2 Å². The van der Waals surface area contributed by atoms with Crippen LogP contribution in [0.5, 0.6) is 0 Å². The molecule has 5 aliphatic heterocycles. The van der Waals surface area contributed by atoms with E-state index >= 15 is 0 Å². The molecule has 5 rings (SSSR count). The van der Waals surface area contributed by atoms with Crippen molar-refractivity contribution in [1.29, 1.82) is 0 Å². The van der Waals surface area contributed by atoms with E-state index in [0.29, 0.717) is 12.8 Å². The van der Waals surface area contributed by atoms with Crippen LogP contribution in [0.2, 0.25) is 0 Å². The quantitative estimate of drug-likeness (QED) is 0.0303. The minimum Gasteiger partial charge on any atom is -0.477 e. The molecule has 642 valence electrons. The number of unbranched alkanes of at least 4 members (excludes halogenated alkanes) is 29. The number of ether oxygens (including phenoxy) is 10. The van der Waals surface area contributed by atoms with E-state index in [0.717, 1.165) is 65.2 Å². The number of aliphatic carboxylic acids is 1. The van der Waals surface area contributed by atoms with Crippen molar-refractivity contribution in [3.8, 4) is 0 Å². The van der Waals surface area contributed by atoms with Gasteiger partial charge in [0, 0.05) is 26.7 Å². The van der Waals surface area contributed by atoms with Gasteiger partial charge in [-0.3, -0.25) is 14.4 Å². The van der Waals surface area contributed by atoms with Gasteiger partial charge in [0.05, 0.1) is 63.4 Å². The summed E-state index contributed by atoms with van der Waals surface area (Å²) in [5, 5.41) is 186. The molecular formula is C77H139N3O30. The number of carbonyl (C=O) groups is 4. The predicted octanol–water partition coefficient (Wildman–Crippen LogP) is 1.55. The smallest absolute Gasteiger partial charge is 0.364 e. The van der Waals surface area contributed by atoms with Crippen LogP contribution in [0.25, 0.3) is 0 Å². The molecule has 5 heterocycles. The van der Waals surface area contributed by atoms with Gasteiger partial charge in [0.25, 0.3) is 5.79 Å². The molecule has 28 unspecified atom stereocenters. The number of amides is 3. The Balaban J connectivity index is 1.35. The molecule has 28 atom stereocenters. The fourth-order valence-corrected chi connectivity index (χ4v) is 15.0. The fourth-order valence-electron chi connectivity index (χ4n) is 15.0. The van der Waals surface area contributed by atoms with Crippen molar-refractivity contribution in [2.45, 2.75) is 418 Å². The highest BCUT2D eigenvalue weighted by Gasteiger charge is 2.62. The van der Waals surface area contributed by atoms with E-state index in [1.165, 1.54) is 142 Å². The van der Waals surface area contributed by atoms with E-state index in [2.05, 4.69) is 29.8 Å². The van der Waals surface area contributed by atoms with Gasteiger partial charge in [0.1, 0.15) is 110 Å². The highest BCUT2D eigenvalue weighted by molar-refractivity contribution is 5.77. The summed E-state index contributed by atoms with van der Waals surface area (Å²) in [6.45, 7) is 3.08. The zero-order valence-electron chi connectivity index (χ0n) is 65.5. The normalized spacial score (nSPS) is 34.0. The molecule has 5 aliphatic rings. The fraction of sp³-hybridized carbons (Fsp3) is 0.922. The minimum atomic E-state index is -3.30. The third-order valence-corrected chi connectivity index (χ3v) is 21.5. The van der Waals surface area contributed by atoms with E-state index in [1.54, 1.807) is 6.08 Å². The minimum absolute atomic E-state index is 0.151. The number of nitrogens with one attached hydrogen (secondary N) is 3. The Morgan fingerprint density at radius 1 is 0.491 bits per heavy atom. The molecule has 0 aromatic carbocycles. The largest absolute Gasteiger partial charge is 0.477 e. The number of rotatable bonds is 55. The van der Waals surface area contributed by atoms with Gasteiger partial charge in [-0.1, -0.05) is 206 Å². The number of carboxylic acids is 1. The number of aliphatic hydroxyl groups excluding tert-OH is 15. The topological polar surface area (TPSA) is 520 Å². The molecule has 33 nitrogen and oxygen atoms in total. The monoisotopic (exact) mass is 1590 g/mol. The molecule has 0 saturated carbocycles. The van der Waals surface area contributed by atoms with Gasteiger partial charge >= 0.3 is 5.97 Å². The SMILES string of the molecule is CCCCCCCCCCCCCCCC=CC(O)C(COC1OC(CO)C(OC2OC(C)C(OC3OC(CO)C(O)C(OC4OC(CO)C(O)C(O)C4O)C3NC(C)=O)C(OC3(C(=O)O)CC(O)C(NC(C)=O)C(C(O)C(O)CO)O3)C2O)C(O)C1O)NC(=O)CCCCCCCCCCCCCCCCCCC. The second-order valence-electron chi connectivity index (χ2n) is 30.7. The molecule has 0 bridgehead atoms. The molecule has 5 saturated heterocycles. The molecule has 0 spiro atoms. The molecule has 110 heavy (non-hydrogen) atoms. The number of aliphatic hydroxyl groups is 15. The van der Waals surface area contributed by atoms with Gasteiger partial charge in [-0.2, -0.15) is 0 Å².